The molecule has 1 amide bonds. The second kappa shape index (κ2) is 5.51. The first-order chi connectivity index (χ1) is 9.24. The van der Waals surface area contributed by atoms with Gasteiger partial charge in [-0.1, -0.05) is 6.07 Å². The molecule has 0 spiro atoms. The first-order valence-corrected chi connectivity index (χ1v) is 8.26. The third-order valence-electron chi connectivity index (χ3n) is 3.47. The molecule has 0 unspecified atom stereocenters. The molecule has 0 radical (unpaired) electrons. The minimum Gasteiger partial charge on any atom is -0.348 e. The lowest BCUT2D eigenvalue weighted by Crippen LogP contribution is -2.40. The van der Waals surface area contributed by atoms with Crippen molar-refractivity contribution < 1.29 is 4.79 Å². The minimum absolute atomic E-state index is 0.0915. The first-order valence-electron chi connectivity index (χ1n) is 6.57. The smallest absolute Gasteiger partial charge is 0.286 e. The van der Waals surface area contributed by atoms with Crippen LogP contribution in [0.25, 0.3) is 6.08 Å². The molecule has 2 aliphatic rings. The van der Waals surface area contributed by atoms with Crippen molar-refractivity contribution in [3.05, 3.63) is 27.3 Å². The van der Waals surface area contributed by atoms with Crippen molar-refractivity contribution >= 4 is 40.2 Å². The Morgan fingerprint density at radius 1 is 1.47 bits per heavy atom. The Labute approximate surface area is 121 Å². The Bertz CT molecular complexity index is 534. The lowest BCUT2D eigenvalue weighted by atomic mass is 10.1. The fourth-order valence-corrected chi connectivity index (χ4v) is 4.17. The molecule has 5 heteroatoms. The fourth-order valence-electron chi connectivity index (χ4n) is 2.41. The quantitative estimate of drug-likeness (QED) is 0.742. The Kier molecular flexibility index (Phi) is 3.75. The van der Waals surface area contributed by atoms with Crippen LogP contribution in [0.4, 0.5) is 0 Å². The van der Waals surface area contributed by atoms with Gasteiger partial charge in [-0.05, 0) is 55.5 Å². The number of amides is 1. The molecule has 1 saturated heterocycles. The lowest BCUT2D eigenvalue weighted by Gasteiger charge is -2.34. The van der Waals surface area contributed by atoms with Gasteiger partial charge in [0.25, 0.3) is 5.91 Å². The van der Waals surface area contributed by atoms with Crippen molar-refractivity contribution in [3.63, 3.8) is 0 Å². The average molecular weight is 292 g/mol. The number of piperidine rings is 1. The number of carbonyl (C=O) groups excluding carboxylic acids is 1. The van der Waals surface area contributed by atoms with E-state index in [1.54, 1.807) is 11.3 Å². The van der Waals surface area contributed by atoms with E-state index in [0.717, 1.165) is 21.5 Å². The number of likely N-dealkylation sites (tertiary alicyclic amines) is 1. The Morgan fingerprint density at radius 3 is 3.11 bits per heavy atom. The highest BCUT2D eigenvalue weighted by Gasteiger charge is 2.29. The fraction of sp³-hybridized carbons (Fsp3) is 0.429. The van der Waals surface area contributed by atoms with Crippen LogP contribution >= 0.6 is 23.1 Å². The third-order valence-corrected chi connectivity index (χ3v) is 5.31. The summed E-state index contributed by atoms with van der Waals surface area (Å²) in [7, 11) is 0. The summed E-state index contributed by atoms with van der Waals surface area (Å²) < 4.78 is 0. The van der Waals surface area contributed by atoms with Gasteiger partial charge in [-0.15, -0.1) is 11.3 Å². The van der Waals surface area contributed by atoms with Crippen LogP contribution in [-0.4, -0.2) is 28.6 Å². The molecular weight excluding hydrogens is 276 g/mol. The highest BCUT2D eigenvalue weighted by Crippen LogP contribution is 2.33. The van der Waals surface area contributed by atoms with Crippen LogP contribution in [0.5, 0.6) is 0 Å². The SMILES string of the molecule is C[C@@H]1CCCCN1C1=NC(=O)/C(=C\c2cccs2)S1. The number of rotatable bonds is 1. The molecular formula is C14H16N2OS2. The molecule has 1 atom stereocenters. The number of thiophene rings is 1. The van der Waals surface area contributed by atoms with Gasteiger partial charge in [0.05, 0.1) is 4.91 Å². The predicted octanol–water partition coefficient (Wildman–Crippen LogP) is 3.59. The van der Waals surface area contributed by atoms with E-state index in [0.29, 0.717) is 6.04 Å². The third kappa shape index (κ3) is 2.77. The number of hydrogen-bond donors (Lipinski definition) is 0. The lowest BCUT2D eigenvalue weighted by molar-refractivity contribution is -0.113. The van der Waals surface area contributed by atoms with Gasteiger partial charge < -0.3 is 4.90 Å². The molecule has 0 bridgehead atoms. The number of thioether (sulfide) groups is 1. The number of amidine groups is 1. The van der Waals surface area contributed by atoms with Crippen LogP contribution in [0, 0.1) is 0 Å². The maximum atomic E-state index is 12.0. The van der Waals surface area contributed by atoms with Crippen molar-refractivity contribution in [1.82, 2.24) is 4.90 Å². The maximum Gasteiger partial charge on any atom is 0.286 e. The van der Waals surface area contributed by atoms with Crippen molar-refractivity contribution in [1.29, 1.82) is 0 Å². The number of hydrogen-bond acceptors (Lipinski definition) is 4. The van der Waals surface area contributed by atoms with Gasteiger partial charge >= 0.3 is 0 Å². The number of carbonyl (C=O) groups is 1. The summed E-state index contributed by atoms with van der Waals surface area (Å²) in [5.74, 6) is -0.0915. The van der Waals surface area contributed by atoms with Crippen LogP contribution in [0.3, 0.4) is 0 Å². The van der Waals surface area contributed by atoms with Crippen molar-refractivity contribution in [2.24, 2.45) is 4.99 Å². The molecule has 0 N–H and O–H groups in total. The van der Waals surface area contributed by atoms with E-state index in [4.69, 9.17) is 0 Å². The van der Waals surface area contributed by atoms with E-state index in [1.165, 1.54) is 31.0 Å². The van der Waals surface area contributed by atoms with Crippen molar-refractivity contribution in [2.45, 2.75) is 32.2 Å². The van der Waals surface area contributed by atoms with Gasteiger partial charge in [-0.25, -0.2) is 0 Å². The first kappa shape index (κ1) is 12.9. The van der Waals surface area contributed by atoms with E-state index in [-0.39, 0.29) is 5.91 Å². The van der Waals surface area contributed by atoms with E-state index >= 15 is 0 Å². The van der Waals surface area contributed by atoms with E-state index < -0.39 is 0 Å². The summed E-state index contributed by atoms with van der Waals surface area (Å²) in [5, 5.41) is 2.91. The van der Waals surface area contributed by atoms with Crippen molar-refractivity contribution in [2.75, 3.05) is 6.54 Å². The Morgan fingerprint density at radius 2 is 2.37 bits per heavy atom. The molecule has 19 heavy (non-hydrogen) atoms. The van der Waals surface area contributed by atoms with Gasteiger partial charge in [-0.3, -0.25) is 4.79 Å². The van der Waals surface area contributed by atoms with Crippen LogP contribution in [-0.2, 0) is 4.79 Å². The highest BCUT2D eigenvalue weighted by molar-refractivity contribution is 8.18. The monoisotopic (exact) mass is 292 g/mol. The molecule has 3 nitrogen and oxygen atoms in total. The molecule has 100 valence electrons. The molecule has 2 aliphatic heterocycles. The van der Waals surface area contributed by atoms with Crippen molar-refractivity contribution in [3.8, 4) is 0 Å². The Balaban J connectivity index is 1.76. The zero-order valence-corrected chi connectivity index (χ0v) is 12.5. The number of nitrogens with zero attached hydrogens (tertiary/aromatic N) is 2. The molecule has 0 aliphatic carbocycles. The molecule has 1 fully saturated rings. The summed E-state index contributed by atoms with van der Waals surface area (Å²) in [5.41, 5.74) is 0. The molecule has 0 saturated carbocycles. The zero-order valence-electron chi connectivity index (χ0n) is 10.8. The summed E-state index contributed by atoms with van der Waals surface area (Å²) in [4.78, 5) is 20.3. The summed E-state index contributed by atoms with van der Waals surface area (Å²) >= 11 is 3.16. The van der Waals surface area contributed by atoms with Gasteiger partial charge in [-0.2, -0.15) is 4.99 Å². The van der Waals surface area contributed by atoms with Crippen LogP contribution < -0.4 is 0 Å². The second-order valence-electron chi connectivity index (χ2n) is 4.86. The van der Waals surface area contributed by atoms with Gasteiger partial charge in [0.1, 0.15) is 0 Å². The van der Waals surface area contributed by atoms with Crippen LogP contribution in [0.2, 0.25) is 0 Å². The van der Waals surface area contributed by atoms with Gasteiger partial charge in [0.15, 0.2) is 5.17 Å². The molecule has 1 aromatic rings. The largest absolute Gasteiger partial charge is 0.348 e. The molecule has 3 heterocycles. The predicted molar refractivity (Wildman–Crippen MR) is 82.3 cm³/mol. The van der Waals surface area contributed by atoms with Crippen LogP contribution in [0.15, 0.2) is 27.4 Å². The van der Waals surface area contributed by atoms with Gasteiger partial charge in [0.2, 0.25) is 0 Å². The van der Waals surface area contributed by atoms with Gasteiger partial charge in [0, 0.05) is 17.5 Å². The highest BCUT2D eigenvalue weighted by atomic mass is 32.2. The van der Waals surface area contributed by atoms with E-state index in [1.807, 2.05) is 23.6 Å². The summed E-state index contributed by atoms with van der Waals surface area (Å²) in [6, 6.07) is 4.51. The molecule has 0 aromatic carbocycles. The average Bonchev–Trinajstić information content (AvgIpc) is 3.02. The molecule has 1 aromatic heterocycles. The summed E-state index contributed by atoms with van der Waals surface area (Å²) in [6.07, 6.45) is 5.62. The van der Waals surface area contributed by atoms with E-state index in [9.17, 15) is 4.79 Å². The molecule has 3 rings (SSSR count). The van der Waals surface area contributed by atoms with Crippen LogP contribution in [0.1, 0.15) is 31.1 Å². The Hall–Kier alpha value is -1.07. The maximum absolute atomic E-state index is 12.0. The number of aliphatic imine (C=N–C) groups is 1. The second-order valence-corrected chi connectivity index (χ2v) is 6.85. The van der Waals surface area contributed by atoms with E-state index in [2.05, 4.69) is 16.8 Å². The minimum atomic E-state index is -0.0915. The summed E-state index contributed by atoms with van der Waals surface area (Å²) in [6.45, 7) is 3.24. The zero-order chi connectivity index (χ0) is 13.2. The standard InChI is InChI=1S/C14H16N2OS2/c1-10-5-2-3-7-16(10)14-15-13(17)12(19-14)9-11-6-4-8-18-11/h4,6,8-10H,2-3,5,7H2,1H3/b12-9+/t10-/m1/s1. The normalized spacial score (nSPS) is 26.1. The topological polar surface area (TPSA) is 32.7 Å².